The zero-order valence-electron chi connectivity index (χ0n) is 14.3. The highest BCUT2D eigenvalue weighted by Crippen LogP contribution is 2.46. The van der Waals surface area contributed by atoms with Gasteiger partial charge in [-0.25, -0.2) is 9.59 Å². The number of methoxy groups -OCH3 is 1. The van der Waals surface area contributed by atoms with Crippen molar-refractivity contribution in [2.75, 3.05) is 7.11 Å². The second-order valence-electron chi connectivity index (χ2n) is 6.35. The summed E-state index contributed by atoms with van der Waals surface area (Å²) < 4.78 is 15.5. The number of benzene rings is 1. The Bertz CT molecular complexity index is 855. The van der Waals surface area contributed by atoms with E-state index < -0.39 is 47.2 Å². The number of halogens is 1. The summed E-state index contributed by atoms with van der Waals surface area (Å²) in [6.07, 6.45) is -0.677. The molecule has 0 aromatic heterocycles. The highest BCUT2D eigenvalue weighted by Gasteiger charge is 2.65. The average Bonchev–Trinajstić information content (AvgIpc) is 2.83. The molecule has 142 valence electrons. The Morgan fingerprint density at radius 3 is 2.41 bits per heavy atom. The summed E-state index contributed by atoms with van der Waals surface area (Å²) in [6, 6.07) is 6.19. The third-order valence-electron chi connectivity index (χ3n) is 4.70. The van der Waals surface area contributed by atoms with Crippen LogP contribution in [0.4, 0.5) is 0 Å². The molecule has 4 atom stereocenters. The number of cyclic esters (lactones) is 1. The van der Waals surface area contributed by atoms with Crippen LogP contribution < -0.4 is 0 Å². The minimum Gasteiger partial charge on any atom is -0.466 e. The molecule has 1 N–H and O–H groups in total. The van der Waals surface area contributed by atoms with Gasteiger partial charge in [-0.1, -0.05) is 15.9 Å². The van der Waals surface area contributed by atoms with E-state index in [1.165, 1.54) is 12.1 Å². The van der Waals surface area contributed by atoms with Gasteiger partial charge in [0.05, 0.1) is 24.2 Å². The Morgan fingerprint density at radius 2 is 1.81 bits per heavy atom. The van der Waals surface area contributed by atoms with E-state index >= 15 is 0 Å². The number of ketones is 1. The lowest BCUT2D eigenvalue weighted by Gasteiger charge is -2.29. The van der Waals surface area contributed by atoms with Crippen molar-refractivity contribution in [3.8, 4) is 0 Å². The van der Waals surface area contributed by atoms with Crippen LogP contribution in [0.5, 0.6) is 0 Å². The normalized spacial score (nSPS) is 29.5. The van der Waals surface area contributed by atoms with Crippen LogP contribution in [0, 0.1) is 11.8 Å². The highest BCUT2D eigenvalue weighted by atomic mass is 79.9. The number of esters is 3. The maximum absolute atomic E-state index is 12.7. The number of hydrogen-bond donors (Lipinski definition) is 1. The number of Topliss-reactive ketones (excluding diaryl/α,β-unsaturated/α-hetero) is 1. The lowest BCUT2D eigenvalue weighted by Crippen LogP contribution is -2.44. The monoisotopic (exact) mass is 438 g/mol. The highest BCUT2D eigenvalue weighted by molar-refractivity contribution is 9.10. The number of fused-ring (bicyclic) bond motifs is 1. The summed E-state index contributed by atoms with van der Waals surface area (Å²) in [4.78, 5) is 49.3. The van der Waals surface area contributed by atoms with Crippen LogP contribution in [-0.2, 0) is 28.6 Å². The molecular weight excluding hydrogens is 424 g/mol. The van der Waals surface area contributed by atoms with Crippen molar-refractivity contribution in [2.45, 2.75) is 18.6 Å². The topological polar surface area (TPSA) is 116 Å². The molecule has 2 aliphatic rings. The number of carbonyl (C=O) groups is 4. The summed E-state index contributed by atoms with van der Waals surface area (Å²) in [5.41, 5.74) is -2.17. The van der Waals surface area contributed by atoms with Gasteiger partial charge in [0.2, 0.25) is 5.78 Å². The molecule has 27 heavy (non-hydrogen) atoms. The van der Waals surface area contributed by atoms with E-state index in [-0.39, 0.29) is 11.1 Å². The first kappa shape index (κ1) is 19.2. The Kier molecular flexibility index (Phi) is 4.92. The molecule has 0 radical (unpaired) electrons. The standard InChI is InChI=1S/C18H15BrO8/c1-18(24)12-11(10(16(22)25-2)7-26-17(12)23)13(14(18)20)27-15(21)8-3-5-9(19)6-4-8/h3-7,11-13,24H,1-2H3/t11-,12-,13+,18-/m1/s1. The summed E-state index contributed by atoms with van der Waals surface area (Å²) in [5.74, 6) is -6.08. The fourth-order valence-corrected chi connectivity index (χ4v) is 3.58. The van der Waals surface area contributed by atoms with Gasteiger partial charge in [-0.05, 0) is 31.2 Å². The van der Waals surface area contributed by atoms with Gasteiger partial charge < -0.3 is 19.3 Å². The second kappa shape index (κ2) is 6.90. The minimum absolute atomic E-state index is 0.163. The Morgan fingerprint density at radius 1 is 1.19 bits per heavy atom. The van der Waals surface area contributed by atoms with Crippen LogP contribution in [0.2, 0.25) is 0 Å². The molecule has 0 amide bonds. The van der Waals surface area contributed by atoms with Crippen LogP contribution in [0.3, 0.4) is 0 Å². The molecule has 1 saturated carbocycles. The van der Waals surface area contributed by atoms with Gasteiger partial charge in [-0.15, -0.1) is 0 Å². The van der Waals surface area contributed by atoms with Gasteiger partial charge in [-0.2, -0.15) is 0 Å². The van der Waals surface area contributed by atoms with Gasteiger partial charge in [0, 0.05) is 4.47 Å². The Balaban J connectivity index is 1.98. The van der Waals surface area contributed by atoms with E-state index in [9.17, 15) is 24.3 Å². The maximum Gasteiger partial charge on any atom is 0.338 e. The quantitative estimate of drug-likeness (QED) is 0.551. The van der Waals surface area contributed by atoms with Crippen molar-refractivity contribution in [1.82, 2.24) is 0 Å². The van der Waals surface area contributed by atoms with E-state index in [2.05, 4.69) is 20.7 Å². The Labute approximate surface area is 162 Å². The van der Waals surface area contributed by atoms with Crippen LogP contribution >= 0.6 is 15.9 Å². The van der Waals surface area contributed by atoms with E-state index in [0.717, 1.165) is 24.8 Å². The van der Waals surface area contributed by atoms with Crippen molar-refractivity contribution in [2.24, 2.45) is 11.8 Å². The number of aliphatic hydroxyl groups is 1. The molecule has 1 heterocycles. The smallest absolute Gasteiger partial charge is 0.338 e. The summed E-state index contributed by atoms with van der Waals surface area (Å²) >= 11 is 3.24. The molecule has 0 spiro atoms. The van der Waals surface area contributed by atoms with E-state index in [0.29, 0.717) is 0 Å². The van der Waals surface area contributed by atoms with Crippen molar-refractivity contribution in [3.63, 3.8) is 0 Å². The van der Waals surface area contributed by atoms with Gasteiger partial charge in [-0.3, -0.25) is 9.59 Å². The average molecular weight is 439 g/mol. The molecule has 8 nitrogen and oxygen atoms in total. The zero-order chi connectivity index (χ0) is 19.9. The minimum atomic E-state index is -2.17. The van der Waals surface area contributed by atoms with Crippen molar-refractivity contribution >= 4 is 39.6 Å². The van der Waals surface area contributed by atoms with E-state index in [1.807, 2.05) is 0 Å². The maximum atomic E-state index is 12.7. The molecule has 1 aromatic rings. The summed E-state index contributed by atoms with van der Waals surface area (Å²) in [6.45, 7) is 1.13. The summed E-state index contributed by atoms with van der Waals surface area (Å²) in [7, 11) is 1.12. The third kappa shape index (κ3) is 3.17. The molecule has 1 fully saturated rings. The third-order valence-corrected chi connectivity index (χ3v) is 5.23. The van der Waals surface area contributed by atoms with Crippen molar-refractivity contribution in [3.05, 3.63) is 46.1 Å². The molecule has 1 aliphatic carbocycles. The van der Waals surface area contributed by atoms with E-state index in [1.54, 1.807) is 12.1 Å². The van der Waals surface area contributed by atoms with Crippen LogP contribution in [0.15, 0.2) is 40.6 Å². The lowest BCUT2D eigenvalue weighted by atomic mass is 9.81. The number of rotatable bonds is 3. The number of ether oxygens (including phenoxy) is 3. The SMILES string of the molecule is COC(=O)C1=COC(=O)[C@H]2[C@@H]1[C@H](OC(=O)c1ccc(Br)cc1)C(=O)[C@]2(C)O. The first-order valence-corrected chi connectivity index (χ1v) is 8.70. The number of carbonyl (C=O) groups excluding carboxylic acids is 4. The van der Waals surface area contributed by atoms with Gasteiger partial charge >= 0.3 is 17.9 Å². The second-order valence-corrected chi connectivity index (χ2v) is 7.27. The van der Waals surface area contributed by atoms with Crippen LogP contribution in [0.1, 0.15) is 17.3 Å². The molecule has 1 aromatic carbocycles. The zero-order valence-corrected chi connectivity index (χ0v) is 15.9. The van der Waals surface area contributed by atoms with Gasteiger partial charge in [0.25, 0.3) is 0 Å². The first-order valence-electron chi connectivity index (χ1n) is 7.90. The fourth-order valence-electron chi connectivity index (χ4n) is 3.32. The first-order chi connectivity index (χ1) is 12.7. The molecule has 0 unspecified atom stereocenters. The fraction of sp³-hybridized carbons (Fsp3) is 0.333. The largest absolute Gasteiger partial charge is 0.466 e. The van der Waals surface area contributed by atoms with Crippen LogP contribution in [-0.4, -0.2) is 47.6 Å². The van der Waals surface area contributed by atoms with Crippen molar-refractivity contribution < 1.29 is 38.5 Å². The number of hydrogen-bond acceptors (Lipinski definition) is 8. The predicted molar refractivity (Wildman–Crippen MR) is 92.1 cm³/mol. The molecule has 0 saturated heterocycles. The predicted octanol–water partition coefficient (Wildman–Crippen LogP) is 1.15. The summed E-state index contributed by atoms with van der Waals surface area (Å²) in [5, 5.41) is 10.6. The molecular formula is C18H15BrO8. The van der Waals surface area contributed by atoms with Crippen molar-refractivity contribution in [1.29, 1.82) is 0 Å². The molecule has 9 heteroatoms. The van der Waals surface area contributed by atoms with Crippen LogP contribution in [0.25, 0.3) is 0 Å². The van der Waals surface area contributed by atoms with Gasteiger partial charge in [0.15, 0.2) is 6.10 Å². The molecule has 1 aliphatic heterocycles. The Hall–Kier alpha value is -2.52. The lowest BCUT2D eigenvalue weighted by molar-refractivity contribution is -0.158. The van der Waals surface area contributed by atoms with E-state index in [4.69, 9.17) is 9.47 Å². The molecule has 3 rings (SSSR count). The molecule has 0 bridgehead atoms. The van der Waals surface area contributed by atoms with Gasteiger partial charge in [0.1, 0.15) is 17.8 Å².